The first kappa shape index (κ1) is 23.6. The molecule has 0 saturated heterocycles. The summed E-state index contributed by atoms with van der Waals surface area (Å²) in [6.45, 7) is 0. The Hall–Kier alpha value is -4.02. The van der Waals surface area contributed by atoms with Gasteiger partial charge in [-0.2, -0.15) is 0 Å². The molecule has 12 heteroatoms. The zero-order valence-corrected chi connectivity index (χ0v) is 18.0. The minimum atomic E-state index is -1.14. The standard InChI is InChI=1S/C21H14Cl2N4O6/c22-17-8-7-12(11-18(17)23)19(24-20(28)13-3-1-5-15(9-13)26(30)31)25-21(29)14-4-2-6-16(10-14)27(32)33/h1-11,19H,(H,24,28)(H,25,29). The van der Waals surface area contributed by atoms with E-state index in [0.29, 0.717) is 5.56 Å². The molecule has 0 aromatic heterocycles. The number of carbonyl (C=O) groups is 2. The average molecular weight is 489 g/mol. The molecule has 33 heavy (non-hydrogen) atoms. The topological polar surface area (TPSA) is 144 Å². The molecule has 0 bridgehead atoms. The van der Waals surface area contributed by atoms with E-state index in [1.54, 1.807) is 0 Å². The van der Waals surface area contributed by atoms with Crippen molar-refractivity contribution in [1.82, 2.24) is 10.6 Å². The van der Waals surface area contributed by atoms with Gasteiger partial charge in [-0.15, -0.1) is 0 Å². The molecule has 0 heterocycles. The van der Waals surface area contributed by atoms with E-state index in [2.05, 4.69) is 10.6 Å². The Balaban J connectivity index is 1.92. The highest BCUT2D eigenvalue weighted by atomic mass is 35.5. The van der Waals surface area contributed by atoms with Gasteiger partial charge in [0, 0.05) is 35.4 Å². The van der Waals surface area contributed by atoms with Crippen molar-refractivity contribution in [3.05, 3.63) is 114 Å². The van der Waals surface area contributed by atoms with Gasteiger partial charge in [0.2, 0.25) is 0 Å². The molecule has 0 unspecified atom stereocenters. The van der Waals surface area contributed by atoms with Crippen LogP contribution in [0.3, 0.4) is 0 Å². The molecule has 0 fully saturated rings. The van der Waals surface area contributed by atoms with Crippen molar-refractivity contribution >= 4 is 46.4 Å². The number of rotatable bonds is 7. The number of nitrogens with one attached hydrogen (secondary N) is 2. The van der Waals surface area contributed by atoms with Gasteiger partial charge in [-0.3, -0.25) is 29.8 Å². The van der Waals surface area contributed by atoms with E-state index in [1.165, 1.54) is 54.6 Å². The Kier molecular flexibility index (Phi) is 7.21. The number of benzene rings is 3. The lowest BCUT2D eigenvalue weighted by atomic mass is 10.1. The van der Waals surface area contributed by atoms with Crippen LogP contribution in [0.25, 0.3) is 0 Å². The van der Waals surface area contributed by atoms with Crippen LogP contribution in [0.15, 0.2) is 66.7 Å². The molecule has 3 aromatic rings. The fourth-order valence-corrected chi connectivity index (χ4v) is 3.15. The predicted molar refractivity (Wildman–Crippen MR) is 120 cm³/mol. The number of nitro benzene ring substituents is 2. The molecule has 10 nitrogen and oxygen atoms in total. The highest BCUT2D eigenvalue weighted by Gasteiger charge is 2.22. The summed E-state index contributed by atoms with van der Waals surface area (Å²) in [6.07, 6.45) is -1.14. The fraction of sp³-hybridized carbons (Fsp3) is 0.0476. The maximum absolute atomic E-state index is 12.8. The first-order valence-electron chi connectivity index (χ1n) is 9.21. The number of carbonyl (C=O) groups excluding carboxylic acids is 2. The van der Waals surface area contributed by atoms with Crippen LogP contribution in [-0.2, 0) is 0 Å². The number of nitro groups is 2. The SMILES string of the molecule is O=C(NC(NC(=O)c1cccc([N+](=O)[O-])c1)c1ccc(Cl)c(Cl)c1)c1cccc([N+](=O)[O-])c1. The molecule has 0 saturated carbocycles. The van der Waals surface area contributed by atoms with Crippen molar-refractivity contribution in [2.75, 3.05) is 0 Å². The maximum Gasteiger partial charge on any atom is 0.270 e. The van der Waals surface area contributed by atoms with Crippen molar-refractivity contribution in [3.8, 4) is 0 Å². The van der Waals surface area contributed by atoms with E-state index >= 15 is 0 Å². The van der Waals surface area contributed by atoms with Crippen molar-refractivity contribution in [3.63, 3.8) is 0 Å². The van der Waals surface area contributed by atoms with Crippen LogP contribution in [0.4, 0.5) is 11.4 Å². The summed E-state index contributed by atoms with van der Waals surface area (Å²) in [5.41, 5.74) is -0.247. The van der Waals surface area contributed by atoms with Gasteiger partial charge in [-0.05, 0) is 29.8 Å². The second kappa shape index (κ2) is 10.1. The molecule has 168 valence electrons. The number of halogens is 2. The molecule has 0 radical (unpaired) electrons. The smallest absolute Gasteiger partial charge is 0.270 e. The molecule has 0 aliphatic rings. The monoisotopic (exact) mass is 488 g/mol. The van der Waals surface area contributed by atoms with Crippen LogP contribution in [0.1, 0.15) is 32.4 Å². The zero-order chi connectivity index (χ0) is 24.1. The minimum Gasteiger partial charge on any atom is -0.328 e. The lowest BCUT2D eigenvalue weighted by Crippen LogP contribution is -2.41. The number of hydrogen-bond donors (Lipinski definition) is 2. The summed E-state index contributed by atoms with van der Waals surface area (Å²) in [5.74, 6) is -1.43. The average Bonchev–Trinajstić information content (AvgIpc) is 2.80. The van der Waals surface area contributed by atoms with Gasteiger partial charge in [-0.25, -0.2) is 0 Å². The summed E-state index contributed by atoms with van der Waals surface area (Å²) in [5, 5.41) is 27.6. The summed E-state index contributed by atoms with van der Waals surface area (Å²) in [6, 6.07) is 14.5. The van der Waals surface area contributed by atoms with Crippen molar-refractivity contribution in [2.45, 2.75) is 6.17 Å². The molecule has 2 N–H and O–H groups in total. The summed E-state index contributed by atoms with van der Waals surface area (Å²) in [7, 11) is 0. The summed E-state index contributed by atoms with van der Waals surface area (Å²) >= 11 is 12.0. The van der Waals surface area contributed by atoms with Crippen molar-refractivity contribution in [2.24, 2.45) is 0 Å². The highest BCUT2D eigenvalue weighted by Crippen LogP contribution is 2.26. The largest absolute Gasteiger partial charge is 0.328 e. The Morgan fingerprint density at radius 1 is 0.727 bits per heavy atom. The van der Waals surface area contributed by atoms with E-state index < -0.39 is 27.8 Å². The Bertz CT molecular complexity index is 1200. The number of amides is 2. The normalized spacial score (nSPS) is 10.5. The Morgan fingerprint density at radius 3 is 1.64 bits per heavy atom. The molecule has 0 aliphatic heterocycles. The third-order valence-electron chi connectivity index (χ3n) is 4.47. The lowest BCUT2D eigenvalue weighted by molar-refractivity contribution is -0.385. The van der Waals surface area contributed by atoms with Gasteiger partial charge >= 0.3 is 0 Å². The fourth-order valence-electron chi connectivity index (χ4n) is 2.84. The number of nitrogens with zero attached hydrogens (tertiary/aromatic N) is 2. The lowest BCUT2D eigenvalue weighted by Gasteiger charge is -2.21. The van der Waals surface area contributed by atoms with Crippen LogP contribution >= 0.6 is 23.2 Å². The van der Waals surface area contributed by atoms with Gasteiger partial charge in [-0.1, -0.05) is 41.4 Å². The van der Waals surface area contributed by atoms with Crippen LogP contribution in [0, 0.1) is 20.2 Å². The van der Waals surface area contributed by atoms with Gasteiger partial charge in [0.25, 0.3) is 23.2 Å². The van der Waals surface area contributed by atoms with E-state index in [0.717, 1.165) is 12.1 Å². The number of non-ortho nitro benzene ring substituents is 2. The van der Waals surface area contributed by atoms with Gasteiger partial charge in [0.1, 0.15) is 6.17 Å². The maximum atomic E-state index is 12.8. The van der Waals surface area contributed by atoms with E-state index in [4.69, 9.17) is 23.2 Å². The molecule has 2 amide bonds. The van der Waals surface area contributed by atoms with Crippen LogP contribution < -0.4 is 10.6 Å². The first-order chi connectivity index (χ1) is 15.7. The zero-order valence-electron chi connectivity index (χ0n) is 16.5. The Morgan fingerprint density at radius 2 is 1.21 bits per heavy atom. The molecule has 0 spiro atoms. The molecule has 3 aromatic carbocycles. The van der Waals surface area contributed by atoms with Crippen molar-refractivity contribution < 1.29 is 19.4 Å². The predicted octanol–water partition coefficient (Wildman–Crippen LogP) is 4.67. The van der Waals surface area contributed by atoms with Gasteiger partial charge < -0.3 is 10.6 Å². The molecule has 3 rings (SSSR count). The minimum absolute atomic E-state index is 0.0149. The second-order valence-corrected chi connectivity index (χ2v) is 7.48. The van der Waals surface area contributed by atoms with Crippen LogP contribution in [0.2, 0.25) is 10.0 Å². The van der Waals surface area contributed by atoms with E-state index in [9.17, 15) is 29.8 Å². The second-order valence-electron chi connectivity index (χ2n) is 6.67. The van der Waals surface area contributed by atoms with Crippen LogP contribution in [-0.4, -0.2) is 21.7 Å². The summed E-state index contributed by atoms with van der Waals surface area (Å²) < 4.78 is 0. The molecular weight excluding hydrogens is 475 g/mol. The van der Waals surface area contributed by atoms with E-state index in [-0.39, 0.29) is 32.5 Å². The van der Waals surface area contributed by atoms with Gasteiger partial charge in [0.05, 0.1) is 19.9 Å². The van der Waals surface area contributed by atoms with Gasteiger partial charge in [0.15, 0.2) is 0 Å². The first-order valence-corrected chi connectivity index (χ1v) is 9.97. The highest BCUT2D eigenvalue weighted by molar-refractivity contribution is 6.42. The third kappa shape index (κ3) is 5.82. The molecule has 0 aliphatic carbocycles. The summed E-state index contributed by atoms with van der Waals surface area (Å²) in [4.78, 5) is 46.3. The third-order valence-corrected chi connectivity index (χ3v) is 5.21. The van der Waals surface area contributed by atoms with Crippen LogP contribution in [0.5, 0.6) is 0 Å². The van der Waals surface area contributed by atoms with E-state index in [1.807, 2.05) is 0 Å². The Labute approximate surface area is 196 Å². The van der Waals surface area contributed by atoms with Crippen molar-refractivity contribution in [1.29, 1.82) is 0 Å². The number of hydrogen-bond acceptors (Lipinski definition) is 6. The molecular formula is C21H14Cl2N4O6. The quantitative estimate of drug-likeness (QED) is 0.280. The molecule has 0 atom stereocenters.